The zero-order chi connectivity index (χ0) is 14.5. The van der Waals surface area contributed by atoms with Gasteiger partial charge in [0.15, 0.2) is 0 Å². The summed E-state index contributed by atoms with van der Waals surface area (Å²) in [5.74, 6) is 0.653. The molecule has 0 amide bonds. The summed E-state index contributed by atoms with van der Waals surface area (Å²) >= 11 is 0. The number of hydrogen-bond donors (Lipinski definition) is 2. The zero-order valence-electron chi connectivity index (χ0n) is 11.5. The van der Waals surface area contributed by atoms with Gasteiger partial charge in [0.2, 0.25) is 0 Å². The lowest BCUT2D eigenvalue weighted by Gasteiger charge is -2.05. The van der Waals surface area contributed by atoms with E-state index in [1.165, 1.54) is 0 Å². The largest absolute Gasteiger partial charge is 0.310 e. The van der Waals surface area contributed by atoms with Crippen molar-refractivity contribution in [1.29, 1.82) is 0 Å². The fraction of sp³-hybridized carbons (Fsp3) is 0.188. The lowest BCUT2D eigenvalue weighted by molar-refractivity contribution is 0.654. The summed E-state index contributed by atoms with van der Waals surface area (Å²) in [6.07, 6.45) is 2.64. The zero-order valence-corrected chi connectivity index (χ0v) is 11.5. The quantitative estimate of drug-likeness (QED) is 0.697. The van der Waals surface area contributed by atoms with Gasteiger partial charge in [-0.3, -0.25) is 9.78 Å². The van der Waals surface area contributed by atoms with Crippen molar-refractivity contribution in [3.63, 3.8) is 0 Å². The number of aromatic nitrogens is 3. The Balaban J connectivity index is 1.62. The van der Waals surface area contributed by atoms with E-state index in [2.05, 4.69) is 20.3 Å². The highest BCUT2D eigenvalue weighted by atomic mass is 16.1. The molecule has 0 aliphatic heterocycles. The second-order valence-corrected chi connectivity index (χ2v) is 4.78. The highest BCUT2D eigenvalue weighted by Crippen LogP contribution is 2.05. The molecule has 0 bridgehead atoms. The van der Waals surface area contributed by atoms with Gasteiger partial charge in [-0.1, -0.05) is 18.2 Å². The van der Waals surface area contributed by atoms with Gasteiger partial charge in [0.05, 0.1) is 17.4 Å². The summed E-state index contributed by atoms with van der Waals surface area (Å²) in [4.78, 5) is 23.4. The number of benzene rings is 1. The van der Waals surface area contributed by atoms with E-state index in [1.54, 1.807) is 12.3 Å². The molecule has 0 aliphatic rings. The second kappa shape index (κ2) is 6.28. The molecule has 3 aromatic rings. The van der Waals surface area contributed by atoms with Crippen molar-refractivity contribution < 1.29 is 0 Å². The Bertz CT molecular complexity index is 783. The number of para-hydroxylation sites is 1. The van der Waals surface area contributed by atoms with Crippen LogP contribution in [0.5, 0.6) is 0 Å². The predicted octanol–water partition coefficient (Wildman–Crippen LogP) is 1.65. The van der Waals surface area contributed by atoms with Gasteiger partial charge in [0.25, 0.3) is 5.56 Å². The molecule has 0 aliphatic carbocycles. The van der Waals surface area contributed by atoms with Crippen LogP contribution < -0.4 is 10.9 Å². The number of nitrogens with zero attached hydrogens (tertiary/aromatic N) is 2. The molecule has 0 atom stereocenters. The Kier molecular flexibility index (Phi) is 4.02. The van der Waals surface area contributed by atoms with E-state index >= 15 is 0 Å². The first-order valence-corrected chi connectivity index (χ1v) is 6.91. The van der Waals surface area contributed by atoms with Gasteiger partial charge in [-0.05, 0) is 24.3 Å². The average Bonchev–Trinajstić information content (AvgIpc) is 2.53. The van der Waals surface area contributed by atoms with Crippen LogP contribution in [0.1, 0.15) is 11.5 Å². The maximum absolute atomic E-state index is 11.9. The first-order chi connectivity index (χ1) is 10.3. The van der Waals surface area contributed by atoms with Crippen LogP contribution in [-0.4, -0.2) is 21.5 Å². The van der Waals surface area contributed by atoms with Crippen molar-refractivity contribution in [3.05, 3.63) is 70.5 Å². The number of H-pyrrole nitrogens is 1. The molecule has 2 aromatic heterocycles. The van der Waals surface area contributed by atoms with Crippen LogP contribution in [0.2, 0.25) is 0 Å². The SMILES string of the molecule is O=c1[nH]c(CNCCc2ccccn2)nc2ccccc12. The second-order valence-electron chi connectivity index (χ2n) is 4.78. The topological polar surface area (TPSA) is 70.7 Å². The van der Waals surface area contributed by atoms with Gasteiger partial charge in [0, 0.05) is 24.9 Å². The maximum atomic E-state index is 11.9. The fourth-order valence-corrected chi connectivity index (χ4v) is 2.19. The molecule has 0 radical (unpaired) electrons. The van der Waals surface area contributed by atoms with Crippen LogP contribution in [0.15, 0.2) is 53.5 Å². The third kappa shape index (κ3) is 3.32. The van der Waals surface area contributed by atoms with E-state index in [0.29, 0.717) is 17.8 Å². The van der Waals surface area contributed by atoms with E-state index < -0.39 is 0 Å². The van der Waals surface area contributed by atoms with Gasteiger partial charge in [-0.15, -0.1) is 0 Å². The Morgan fingerprint density at radius 3 is 2.81 bits per heavy atom. The fourth-order valence-electron chi connectivity index (χ4n) is 2.19. The van der Waals surface area contributed by atoms with Crippen LogP contribution in [0.4, 0.5) is 0 Å². The van der Waals surface area contributed by atoms with Crippen molar-refractivity contribution in [1.82, 2.24) is 20.3 Å². The van der Waals surface area contributed by atoms with E-state index in [0.717, 1.165) is 24.2 Å². The maximum Gasteiger partial charge on any atom is 0.258 e. The molecule has 0 unspecified atom stereocenters. The lowest BCUT2D eigenvalue weighted by Crippen LogP contribution is -2.21. The molecule has 2 heterocycles. The molecule has 1 aromatic carbocycles. The summed E-state index contributed by atoms with van der Waals surface area (Å²) in [6.45, 7) is 1.32. The molecule has 21 heavy (non-hydrogen) atoms. The first kappa shape index (κ1) is 13.5. The Morgan fingerprint density at radius 1 is 1.10 bits per heavy atom. The van der Waals surface area contributed by atoms with Crippen molar-refractivity contribution in [2.24, 2.45) is 0 Å². The van der Waals surface area contributed by atoms with Crippen LogP contribution in [0.25, 0.3) is 10.9 Å². The monoisotopic (exact) mass is 280 g/mol. The van der Waals surface area contributed by atoms with Gasteiger partial charge < -0.3 is 10.3 Å². The van der Waals surface area contributed by atoms with Gasteiger partial charge in [-0.2, -0.15) is 0 Å². The Labute approximate surface area is 122 Å². The Morgan fingerprint density at radius 2 is 1.95 bits per heavy atom. The highest BCUT2D eigenvalue weighted by molar-refractivity contribution is 5.77. The minimum Gasteiger partial charge on any atom is -0.310 e. The molecular formula is C16H16N4O. The minimum atomic E-state index is -0.0953. The number of aromatic amines is 1. The van der Waals surface area contributed by atoms with Crippen molar-refractivity contribution >= 4 is 10.9 Å². The van der Waals surface area contributed by atoms with Crippen molar-refractivity contribution in [2.75, 3.05) is 6.54 Å². The molecule has 5 nitrogen and oxygen atoms in total. The summed E-state index contributed by atoms with van der Waals surface area (Å²) in [6, 6.07) is 13.2. The number of hydrogen-bond acceptors (Lipinski definition) is 4. The number of nitrogens with one attached hydrogen (secondary N) is 2. The number of pyridine rings is 1. The van der Waals surface area contributed by atoms with Crippen LogP contribution in [0.3, 0.4) is 0 Å². The molecular weight excluding hydrogens is 264 g/mol. The minimum absolute atomic E-state index is 0.0953. The normalized spacial score (nSPS) is 10.9. The summed E-state index contributed by atoms with van der Waals surface area (Å²) in [5, 5.41) is 3.89. The summed E-state index contributed by atoms with van der Waals surface area (Å²) in [5.41, 5.74) is 1.68. The molecule has 0 fully saturated rings. The van der Waals surface area contributed by atoms with Gasteiger partial charge in [0.1, 0.15) is 5.82 Å². The predicted molar refractivity (Wildman–Crippen MR) is 82.0 cm³/mol. The standard InChI is InChI=1S/C16H16N4O/c21-16-13-6-1-2-7-14(13)19-15(20-16)11-17-10-8-12-5-3-4-9-18-12/h1-7,9,17H,8,10-11H2,(H,19,20,21). The molecule has 0 saturated heterocycles. The van der Waals surface area contributed by atoms with Crippen molar-refractivity contribution in [2.45, 2.75) is 13.0 Å². The molecule has 3 rings (SSSR count). The van der Waals surface area contributed by atoms with E-state index in [-0.39, 0.29) is 5.56 Å². The molecule has 5 heteroatoms. The van der Waals surface area contributed by atoms with Crippen LogP contribution in [0, 0.1) is 0 Å². The molecule has 0 spiro atoms. The highest BCUT2D eigenvalue weighted by Gasteiger charge is 2.02. The first-order valence-electron chi connectivity index (χ1n) is 6.91. The van der Waals surface area contributed by atoms with Gasteiger partial charge >= 0.3 is 0 Å². The number of rotatable bonds is 5. The molecule has 106 valence electrons. The smallest absolute Gasteiger partial charge is 0.258 e. The molecule has 0 saturated carbocycles. The summed E-state index contributed by atoms with van der Waals surface area (Å²) in [7, 11) is 0. The lowest BCUT2D eigenvalue weighted by atomic mass is 10.2. The molecule has 2 N–H and O–H groups in total. The van der Waals surface area contributed by atoms with Crippen LogP contribution in [-0.2, 0) is 13.0 Å². The van der Waals surface area contributed by atoms with Crippen molar-refractivity contribution in [3.8, 4) is 0 Å². The van der Waals surface area contributed by atoms with E-state index in [1.807, 2.05) is 36.4 Å². The summed E-state index contributed by atoms with van der Waals surface area (Å²) < 4.78 is 0. The number of fused-ring (bicyclic) bond motifs is 1. The Hall–Kier alpha value is -2.53. The van der Waals surface area contributed by atoms with E-state index in [9.17, 15) is 4.79 Å². The third-order valence-electron chi connectivity index (χ3n) is 3.24. The average molecular weight is 280 g/mol. The van der Waals surface area contributed by atoms with Crippen LogP contribution >= 0.6 is 0 Å². The third-order valence-corrected chi connectivity index (χ3v) is 3.24. The van der Waals surface area contributed by atoms with Gasteiger partial charge in [-0.25, -0.2) is 4.98 Å². The van der Waals surface area contributed by atoms with E-state index in [4.69, 9.17) is 0 Å².